The Bertz CT molecular complexity index is 1370. The number of anilines is 2. The van der Waals surface area contributed by atoms with Crippen LogP contribution < -0.4 is 10.2 Å². The van der Waals surface area contributed by atoms with Crippen LogP contribution in [0.3, 0.4) is 0 Å². The number of rotatable bonds is 7. The minimum Gasteiger partial charge on any atom is -0.362 e. The number of amides is 1. The van der Waals surface area contributed by atoms with Gasteiger partial charge in [-0.1, -0.05) is 50.8 Å². The van der Waals surface area contributed by atoms with E-state index in [0.29, 0.717) is 43.6 Å². The maximum Gasteiger partial charge on any atom is 0.228 e. The van der Waals surface area contributed by atoms with E-state index >= 15 is 0 Å². The number of aliphatic imine (C=N–C) groups is 1. The second-order valence-corrected chi connectivity index (χ2v) is 9.66. The van der Waals surface area contributed by atoms with Crippen LogP contribution in [0.25, 0.3) is 10.9 Å². The first-order valence-corrected chi connectivity index (χ1v) is 13.4. The smallest absolute Gasteiger partial charge is 0.228 e. The Labute approximate surface area is 225 Å². The molecule has 1 aliphatic rings. The van der Waals surface area contributed by atoms with E-state index in [1.54, 1.807) is 20.2 Å². The fourth-order valence-corrected chi connectivity index (χ4v) is 4.43. The van der Waals surface area contributed by atoms with Gasteiger partial charge in [0.1, 0.15) is 11.5 Å². The Hall–Kier alpha value is -3.99. The molecule has 1 fully saturated rings. The Morgan fingerprint density at radius 2 is 1.92 bits per heavy atom. The van der Waals surface area contributed by atoms with Gasteiger partial charge in [0.25, 0.3) is 0 Å². The van der Waals surface area contributed by atoms with Crippen molar-refractivity contribution >= 4 is 34.8 Å². The zero-order chi connectivity index (χ0) is 27.1. The van der Waals surface area contributed by atoms with E-state index in [4.69, 9.17) is 9.97 Å². The van der Waals surface area contributed by atoms with E-state index in [-0.39, 0.29) is 17.9 Å². The molecule has 198 valence electrons. The first kappa shape index (κ1) is 27.1. The van der Waals surface area contributed by atoms with Gasteiger partial charge in [0, 0.05) is 63.9 Å². The largest absolute Gasteiger partial charge is 0.362 e. The molecule has 0 aliphatic carbocycles. The predicted octanol–water partition coefficient (Wildman–Crippen LogP) is 4.70. The number of nitrogens with one attached hydrogen (secondary N) is 1. The summed E-state index contributed by atoms with van der Waals surface area (Å²) in [7, 11) is 1.74. The number of piperazine rings is 1. The first-order valence-electron chi connectivity index (χ1n) is 13.4. The maximum atomic E-state index is 11.8. The lowest BCUT2D eigenvalue weighted by Crippen LogP contribution is -2.48. The number of nitrogens with zero attached hydrogens (tertiary/aromatic N) is 6. The Morgan fingerprint density at radius 3 is 2.61 bits per heavy atom. The van der Waals surface area contributed by atoms with Gasteiger partial charge in [-0.25, -0.2) is 4.98 Å². The molecule has 8 heteroatoms. The van der Waals surface area contributed by atoms with Crippen molar-refractivity contribution in [3.8, 4) is 11.8 Å². The number of pyridine rings is 1. The molecule has 8 nitrogen and oxygen atoms in total. The molecule has 1 unspecified atom stereocenters. The van der Waals surface area contributed by atoms with E-state index in [0.717, 1.165) is 34.9 Å². The second-order valence-electron chi connectivity index (χ2n) is 9.66. The van der Waals surface area contributed by atoms with E-state index in [1.807, 2.05) is 29.3 Å². The summed E-state index contributed by atoms with van der Waals surface area (Å²) in [4.78, 5) is 34.7. The molecular weight excluding hydrogens is 474 g/mol. The fraction of sp³-hybridized carbons (Fsp3) is 0.433. The first-order chi connectivity index (χ1) is 18.4. The summed E-state index contributed by atoms with van der Waals surface area (Å²) in [5.74, 6) is 8.37. The van der Waals surface area contributed by atoms with Gasteiger partial charge in [-0.2, -0.15) is 4.98 Å². The van der Waals surface area contributed by atoms with Gasteiger partial charge in [0.2, 0.25) is 11.9 Å². The zero-order valence-corrected chi connectivity index (χ0v) is 23.0. The summed E-state index contributed by atoms with van der Waals surface area (Å²) in [6.45, 7) is 10.6. The summed E-state index contributed by atoms with van der Waals surface area (Å²) in [5.41, 5.74) is 3.50. The van der Waals surface area contributed by atoms with Crippen molar-refractivity contribution in [2.45, 2.75) is 46.6 Å². The number of hydrogen-bond acceptors (Lipinski definition) is 7. The number of para-hydroxylation sites is 1. The number of carbonyl (C=O) groups excluding carboxylic acids is 1. The standard InChI is InChI=1S/C30H37N7O/c1-6-21(3)12-13-25-28(20-31-5)34-30(37-16-14-36(15-17-37)22(4)38)35-29(25)33-26(7-2)24-18-23-10-8-9-11-27(23)32-19-24/h8-11,18-21,26H,6-7,14-17H2,1-5H3,(H,33,34,35)/t21-,26?/m0/s1. The van der Waals surface area contributed by atoms with Crippen LogP contribution in [0, 0.1) is 17.8 Å². The fourth-order valence-electron chi connectivity index (χ4n) is 4.43. The molecule has 4 rings (SSSR count). The molecule has 3 heterocycles. The van der Waals surface area contributed by atoms with Gasteiger partial charge in [0.15, 0.2) is 0 Å². The number of fused-ring (bicyclic) bond motifs is 1. The summed E-state index contributed by atoms with van der Waals surface area (Å²) in [6, 6.07) is 10.3. The number of benzene rings is 1. The van der Waals surface area contributed by atoms with E-state index in [2.05, 4.69) is 64.9 Å². The molecule has 1 aromatic carbocycles. The van der Waals surface area contributed by atoms with Crippen molar-refractivity contribution < 1.29 is 4.79 Å². The molecule has 3 aromatic rings. The van der Waals surface area contributed by atoms with Crippen LogP contribution in [0.4, 0.5) is 11.8 Å². The highest BCUT2D eigenvalue weighted by atomic mass is 16.2. The van der Waals surface area contributed by atoms with Gasteiger partial charge in [0.05, 0.1) is 17.1 Å². The van der Waals surface area contributed by atoms with Gasteiger partial charge in [-0.05, 0) is 30.5 Å². The lowest BCUT2D eigenvalue weighted by atomic mass is 10.0. The van der Waals surface area contributed by atoms with Crippen LogP contribution in [-0.2, 0) is 4.79 Å². The summed E-state index contributed by atoms with van der Waals surface area (Å²) >= 11 is 0. The van der Waals surface area contributed by atoms with Crippen molar-refractivity contribution in [1.82, 2.24) is 19.9 Å². The van der Waals surface area contributed by atoms with Crippen LogP contribution in [0.15, 0.2) is 41.5 Å². The van der Waals surface area contributed by atoms with Gasteiger partial charge >= 0.3 is 0 Å². The normalized spacial score (nSPS) is 15.3. The quantitative estimate of drug-likeness (QED) is 0.365. The molecule has 1 aliphatic heterocycles. The molecule has 1 amide bonds. The summed E-state index contributed by atoms with van der Waals surface area (Å²) in [6.07, 6.45) is 5.49. The van der Waals surface area contributed by atoms with Crippen LogP contribution >= 0.6 is 0 Å². The van der Waals surface area contributed by atoms with Crippen molar-refractivity contribution in [3.63, 3.8) is 0 Å². The minimum atomic E-state index is -0.0139. The SMILES string of the molecule is CCC(Nc1nc(N2CCN(C(C)=O)CC2)nc(C=NC)c1C#C[C@@H](C)CC)c1cnc2ccccc2c1. The van der Waals surface area contributed by atoms with Gasteiger partial charge in [-0.3, -0.25) is 14.8 Å². The molecule has 0 spiro atoms. The van der Waals surface area contributed by atoms with Crippen molar-refractivity contribution in [1.29, 1.82) is 0 Å². The van der Waals surface area contributed by atoms with Crippen molar-refractivity contribution in [2.24, 2.45) is 10.9 Å². The summed E-state index contributed by atoms with van der Waals surface area (Å²) < 4.78 is 0. The monoisotopic (exact) mass is 511 g/mol. The molecule has 0 bridgehead atoms. The Kier molecular flexibility index (Phi) is 8.90. The lowest BCUT2D eigenvalue weighted by Gasteiger charge is -2.34. The highest BCUT2D eigenvalue weighted by Crippen LogP contribution is 2.28. The second kappa shape index (κ2) is 12.5. The van der Waals surface area contributed by atoms with Crippen LogP contribution in [0.2, 0.25) is 0 Å². The van der Waals surface area contributed by atoms with Crippen LogP contribution in [0.5, 0.6) is 0 Å². The van der Waals surface area contributed by atoms with Crippen molar-refractivity contribution in [2.75, 3.05) is 43.4 Å². The zero-order valence-electron chi connectivity index (χ0n) is 23.0. The predicted molar refractivity (Wildman–Crippen MR) is 155 cm³/mol. The van der Waals surface area contributed by atoms with E-state index in [9.17, 15) is 4.79 Å². The molecule has 2 aromatic heterocycles. The third-order valence-electron chi connectivity index (χ3n) is 6.97. The molecule has 1 N–H and O–H groups in total. The molecule has 1 saturated heterocycles. The third kappa shape index (κ3) is 6.28. The van der Waals surface area contributed by atoms with E-state index in [1.165, 1.54) is 0 Å². The van der Waals surface area contributed by atoms with Crippen molar-refractivity contribution in [3.05, 3.63) is 53.3 Å². The topological polar surface area (TPSA) is 86.6 Å². The number of aromatic nitrogens is 3. The maximum absolute atomic E-state index is 11.8. The van der Waals surface area contributed by atoms with Crippen LogP contribution in [0.1, 0.15) is 63.4 Å². The molecule has 2 atom stereocenters. The molecule has 0 saturated carbocycles. The molecule has 0 radical (unpaired) electrons. The number of hydrogen-bond donors (Lipinski definition) is 1. The summed E-state index contributed by atoms with van der Waals surface area (Å²) in [5, 5.41) is 4.78. The lowest BCUT2D eigenvalue weighted by molar-refractivity contribution is -0.129. The van der Waals surface area contributed by atoms with E-state index < -0.39 is 0 Å². The highest BCUT2D eigenvalue weighted by Gasteiger charge is 2.24. The minimum absolute atomic E-state index is 0.0139. The van der Waals surface area contributed by atoms with Gasteiger partial charge < -0.3 is 15.1 Å². The molecule has 38 heavy (non-hydrogen) atoms. The Balaban J connectivity index is 1.76. The average Bonchev–Trinajstić information content (AvgIpc) is 2.94. The highest BCUT2D eigenvalue weighted by molar-refractivity contribution is 5.85. The van der Waals surface area contributed by atoms with Gasteiger partial charge in [-0.15, -0.1) is 0 Å². The van der Waals surface area contributed by atoms with Crippen LogP contribution in [-0.4, -0.2) is 65.2 Å². The third-order valence-corrected chi connectivity index (χ3v) is 6.97. The number of carbonyl (C=O) groups is 1. The average molecular weight is 512 g/mol. The Morgan fingerprint density at radius 1 is 1.16 bits per heavy atom. The molecular formula is C30H37N7O.